The van der Waals surface area contributed by atoms with Crippen LogP contribution in [0, 0.1) is 5.41 Å². The van der Waals surface area contributed by atoms with Crippen molar-refractivity contribution in [3.63, 3.8) is 0 Å². The van der Waals surface area contributed by atoms with Gasteiger partial charge in [0, 0.05) is 26.2 Å². The Morgan fingerprint density at radius 3 is 2.70 bits per heavy atom. The normalized spacial score (nSPS) is 26.8. The van der Waals surface area contributed by atoms with E-state index in [0.717, 1.165) is 45.4 Å². The van der Waals surface area contributed by atoms with Gasteiger partial charge in [-0.05, 0) is 52.9 Å². The van der Waals surface area contributed by atoms with Crippen LogP contribution < -0.4 is 5.32 Å². The van der Waals surface area contributed by atoms with Gasteiger partial charge in [-0.2, -0.15) is 0 Å². The summed E-state index contributed by atoms with van der Waals surface area (Å²) in [4.78, 5) is 17.4. The van der Waals surface area contributed by atoms with Crippen LogP contribution in [0.2, 0.25) is 0 Å². The Hall–Kier alpha value is -0.650. The first-order valence-corrected chi connectivity index (χ1v) is 7.74. The summed E-state index contributed by atoms with van der Waals surface area (Å²) in [5.41, 5.74) is -0.297. The molecule has 1 unspecified atom stereocenters. The molecular formula is C15H29N3O2. The SMILES string of the molecule is COCC1(C(=O)N2CCCC(N(C)C)C2)CCNCC1. The summed E-state index contributed by atoms with van der Waals surface area (Å²) in [5.74, 6) is 0.312. The molecule has 2 fully saturated rings. The van der Waals surface area contributed by atoms with Crippen molar-refractivity contribution in [2.45, 2.75) is 31.7 Å². The van der Waals surface area contributed by atoms with Crippen LogP contribution in [-0.2, 0) is 9.53 Å². The number of rotatable bonds is 4. The monoisotopic (exact) mass is 283 g/mol. The molecule has 2 rings (SSSR count). The highest BCUT2D eigenvalue weighted by atomic mass is 16.5. The Bertz CT molecular complexity index is 322. The van der Waals surface area contributed by atoms with E-state index in [1.54, 1.807) is 7.11 Å². The third kappa shape index (κ3) is 3.32. The summed E-state index contributed by atoms with van der Waals surface area (Å²) in [6, 6.07) is 0.494. The van der Waals surface area contributed by atoms with Crippen LogP contribution in [0.15, 0.2) is 0 Å². The molecule has 20 heavy (non-hydrogen) atoms. The van der Waals surface area contributed by atoms with E-state index in [1.165, 1.54) is 6.42 Å². The quantitative estimate of drug-likeness (QED) is 0.819. The van der Waals surface area contributed by atoms with E-state index in [2.05, 4.69) is 29.2 Å². The van der Waals surface area contributed by atoms with Crippen molar-refractivity contribution in [2.24, 2.45) is 5.41 Å². The predicted octanol–water partition coefficient (Wildman–Crippen LogP) is 0.555. The first kappa shape index (κ1) is 15.7. The predicted molar refractivity (Wildman–Crippen MR) is 79.7 cm³/mol. The summed E-state index contributed by atoms with van der Waals surface area (Å²) >= 11 is 0. The highest BCUT2D eigenvalue weighted by Crippen LogP contribution is 2.32. The van der Waals surface area contributed by atoms with Crippen LogP contribution in [-0.4, -0.2) is 75.7 Å². The molecule has 2 aliphatic heterocycles. The van der Waals surface area contributed by atoms with Gasteiger partial charge in [0.2, 0.25) is 5.91 Å². The lowest BCUT2D eigenvalue weighted by atomic mass is 9.78. The van der Waals surface area contributed by atoms with Gasteiger partial charge in [0.05, 0.1) is 12.0 Å². The summed E-state index contributed by atoms with van der Waals surface area (Å²) in [5, 5.41) is 3.35. The number of carbonyl (C=O) groups excluding carboxylic acids is 1. The Morgan fingerprint density at radius 1 is 1.40 bits per heavy atom. The number of methoxy groups -OCH3 is 1. The maximum absolute atomic E-state index is 13.0. The maximum atomic E-state index is 13.0. The van der Waals surface area contributed by atoms with E-state index >= 15 is 0 Å². The lowest BCUT2D eigenvalue weighted by Crippen LogP contribution is -2.56. The van der Waals surface area contributed by atoms with Crippen molar-refractivity contribution in [2.75, 3.05) is 54.0 Å². The first-order valence-electron chi connectivity index (χ1n) is 7.74. The number of nitrogens with one attached hydrogen (secondary N) is 1. The van der Waals surface area contributed by atoms with E-state index < -0.39 is 0 Å². The van der Waals surface area contributed by atoms with Crippen LogP contribution in [0.4, 0.5) is 0 Å². The number of hydrogen-bond acceptors (Lipinski definition) is 4. The van der Waals surface area contributed by atoms with Crippen molar-refractivity contribution in [3.05, 3.63) is 0 Å². The summed E-state index contributed by atoms with van der Waals surface area (Å²) < 4.78 is 5.39. The van der Waals surface area contributed by atoms with Crippen LogP contribution in [0.5, 0.6) is 0 Å². The standard InChI is InChI=1S/C15H29N3O2/c1-17(2)13-5-4-10-18(11-13)14(19)15(12-20-3)6-8-16-9-7-15/h13,16H,4-12H2,1-3H3. The first-order chi connectivity index (χ1) is 9.59. The molecule has 1 atom stereocenters. The van der Waals surface area contributed by atoms with E-state index in [0.29, 0.717) is 18.6 Å². The topological polar surface area (TPSA) is 44.8 Å². The van der Waals surface area contributed by atoms with Gasteiger partial charge in [0.15, 0.2) is 0 Å². The summed E-state index contributed by atoms with van der Waals surface area (Å²) in [6.07, 6.45) is 4.08. The molecule has 0 bridgehead atoms. The second-order valence-corrected chi connectivity index (χ2v) is 6.47. The molecule has 0 spiro atoms. The van der Waals surface area contributed by atoms with Crippen molar-refractivity contribution < 1.29 is 9.53 Å². The fraction of sp³-hybridized carbons (Fsp3) is 0.933. The van der Waals surface area contributed by atoms with E-state index in [4.69, 9.17) is 4.74 Å². The molecule has 2 aliphatic rings. The third-order valence-corrected chi connectivity index (χ3v) is 4.85. The van der Waals surface area contributed by atoms with Gasteiger partial charge in [-0.15, -0.1) is 0 Å². The van der Waals surface area contributed by atoms with Gasteiger partial charge in [0.1, 0.15) is 0 Å². The van der Waals surface area contributed by atoms with Gasteiger partial charge in [-0.3, -0.25) is 4.79 Å². The van der Waals surface area contributed by atoms with Crippen molar-refractivity contribution in [3.8, 4) is 0 Å². The second kappa shape index (κ2) is 6.87. The molecule has 5 heteroatoms. The maximum Gasteiger partial charge on any atom is 0.231 e. The molecule has 116 valence electrons. The van der Waals surface area contributed by atoms with E-state index in [-0.39, 0.29) is 5.41 Å². The van der Waals surface area contributed by atoms with Crippen molar-refractivity contribution in [1.82, 2.24) is 15.1 Å². The van der Waals surface area contributed by atoms with Crippen molar-refractivity contribution >= 4 is 5.91 Å². The molecule has 0 saturated carbocycles. The Balaban J connectivity index is 2.06. The smallest absolute Gasteiger partial charge is 0.231 e. The zero-order chi connectivity index (χ0) is 14.6. The van der Waals surface area contributed by atoms with Crippen LogP contribution in [0.3, 0.4) is 0 Å². The minimum atomic E-state index is -0.297. The largest absolute Gasteiger partial charge is 0.384 e. The molecule has 0 aromatic heterocycles. The number of nitrogens with zero attached hydrogens (tertiary/aromatic N) is 2. The molecule has 2 saturated heterocycles. The average Bonchev–Trinajstić information content (AvgIpc) is 2.48. The van der Waals surface area contributed by atoms with Crippen LogP contribution >= 0.6 is 0 Å². The zero-order valence-electron chi connectivity index (χ0n) is 13.2. The number of likely N-dealkylation sites (N-methyl/N-ethyl adjacent to an activating group) is 1. The van der Waals surface area contributed by atoms with Crippen LogP contribution in [0.1, 0.15) is 25.7 Å². The third-order valence-electron chi connectivity index (χ3n) is 4.85. The van der Waals surface area contributed by atoms with Gasteiger partial charge in [0.25, 0.3) is 0 Å². The molecule has 1 N–H and O–H groups in total. The highest BCUT2D eigenvalue weighted by molar-refractivity contribution is 5.83. The Morgan fingerprint density at radius 2 is 2.10 bits per heavy atom. The number of likely N-dealkylation sites (tertiary alicyclic amines) is 1. The summed E-state index contributed by atoms with van der Waals surface area (Å²) in [7, 11) is 5.91. The Labute approximate surface area is 122 Å². The second-order valence-electron chi connectivity index (χ2n) is 6.47. The fourth-order valence-electron chi connectivity index (χ4n) is 3.50. The van der Waals surface area contributed by atoms with E-state index in [1.807, 2.05) is 0 Å². The Kier molecular flexibility index (Phi) is 5.41. The van der Waals surface area contributed by atoms with Crippen molar-refractivity contribution in [1.29, 1.82) is 0 Å². The lowest BCUT2D eigenvalue weighted by Gasteiger charge is -2.43. The van der Waals surface area contributed by atoms with E-state index in [9.17, 15) is 4.79 Å². The molecular weight excluding hydrogens is 254 g/mol. The molecule has 5 nitrogen and oxygen atoms in total. The molecule has 0 aliphatic carbocycles. The minimum Gasteiger partial charge on any atom is -0.384 e. The average molecular weight is 283 g/mol. The van der Waals surface area contributed by atoms with Gasteiger partial charge < -0.3 is 19.9 Å². The fourth-order valence-corrected chi connectivity index (χ4v) is 3.50. The van der Waals surface area contributed by atoms with Crippen LogP contribution in [0.25, 0.3) is 0 Å². The number of hydrogen-bond donors (Lipinski definition) is 1. The molecule has 0 aromatic rings. The number of amides is 1. The van der Waals surface area contributed by atoms with Gasteiger partial charge in [-0.25, -0.2) is 0 Å². The number of ether oxygens (including phenoxy) is 1. The lowest BCUT2D eigenvalue weighted by molar-refractivity contribution is -0.149. The van der Waals surface area contributed by atoms with Gasteiger partial charge >= 0.3 is 0 Å². The minimum absolute atomic E-state index is 0.297. The molecule has 2 heterocycles. The molecule has 1 amide bonds. The highest BCUT2D eigenvalue weighted by Gasteiger charge is 2.43. The molecule has 0 radical (unpaired) electrons. The summed E-state index contributed by atoms with van der Waals surface area (Å²) in [6.45, 7) is 4.16. The molecule has 0 aromatic carbocycles. The zero-order valence-corrected chi connectivity index (χ0v) is 13.2. The number of piperidine rings is 2. The number of carbonyl (C=O) groups is 1. The van der Waals surface area contributed by atoms with Gasteiger partial charge in [-0.1, -0.05) is 0 Å².